The van der Waals surface area contributed by atoms with Crippen molar-refractivity contribution < 1.29 is 59.9 Å². The first-order chi connectivity index (χ1) is 21.9. The number of amidine groups is 1. The number of amides is 1. The summed E-state index contributed by atoms with van der Waals surface area (Å²) in [6, 6.07) is 5.01. The summed E-state index contributed by atoms with van der Waals surface area (Å²) < 4.78 is 104. The second-order valence-electron chi connectivity index (χ2n) is 10.8. The number of halogens is 5. The van der Waals surface area contributed by atoms with Crippen LogP contribution in [0, 0.1) is 21.4 Å². The van der Waals surface area contributed by atoms with Gasteiger partial charge in [0, 0.05) is 12.6 Å². The Bertz CT molecular complexity index is 1570. The molecule has 20 heteroatoms. The quantitative estimate of drug-likeness (QED) is 0.0997. The molecule has 4 N–H and O–H groups in total. The molecule has 0 spiro atoms. The van der Waals surface area contributed by atoms with Gasteiger partial charge in [-0.25, -0.2) is 18.4 Å². The lowest BCUT2D eigenvalue weighted by Crippen LogP contribution is -2.53. The second kappa shape index (κ2) is 14.1. The van der Waals surface area contributed by atoms with Gasteiger partial charge in [-0.3, -0.25) is 34.4 Å². The van der Waals surface area contributed by atoms with E-state index in [4.69, 9.17) is 23.9 Å². The summed E-state index contributed by atoms with van der Waals surface area (Å²) in [6.07, 6.45) is -10.3. The summed E-state index contributed by atoms with van der Waals surface area (Å²) in [5.74, 6) is -6.09. The molecule has 0 radical (unpaired) electrons. The van der Waals surface area contributed by atoms with Crippen LogP contribution in [0.1, 0.15) is 25.0 Å². The van der Waals surface area contributed by atoms with Gasteiger partial charge in [-0.15, -0.1) is 0 Å². The molecule has 0 bridgehead atoms. The highest BCUT2D eigenvalue weighted by Crippen LogP contribution is 2.47. The van der Waals surface area contributed by atoms with Crippen molar-refractivity contribution in [1.29, 1.82) is 5.41 Å². The number of nitro benzene ring substituents is 1. The van der Waals surface area contributed by atoms with Crippen LogP contribution in [0.15, 0.2) is 47.5 Å². The number of alkyl halides is 5. The number of aliphatic imine (C=N–C) groups is 1. The summed E-state index contributed by atoms with van der Waals surface area (Å²) in [5.41, 5.74) is -1.36. The molecular formula is C27H29F5N5O9P. The fourth-order valence-electron chi connectivity index (χ4n) is 4.34. The zero-order valence-electron chi connectivity index (χ0n) is 24.6. The first kappa shape index (κ1) is 36.0. The Morgan fingerprint density at radius 3 is 2.49 bits per heavy atom. The fourth-order valence-corrected chi connectivity index (χ4v) is 5.84. The Hall–Kier alpha value is -3.87. The number of rotatable bonds is 13. The number of carbonyl (C=O) groups is 1. The number of nitrogens with one attached hydrogen (secondary N) is 3. The van der Waals surface area contributed by atoms with E-state index in [0.717, 1.165) is 42.6 Å². The first-order valence-electron chi connectivity index (χ1n) is 13.8. The Balaban J connectivity index is 1.48. The van der Waals surface area contributed by atoms with Gasteiger partial charge in [0.2, 0.25) is 5.75 Å². The van der Waals surface area contributed by atoms with E-state index in [1.807, 2.05) is 5.32 Å². The van der Waals surface area contributed by atoms with Gasteiger partial charge in [-0.2, -0.15) is 13.2 Å². The SMILES string of the molecule is CC(C)CNP(=O)(OCc1ccc([N+](=O)[O-])c(Oc2ccc(C(F)(F)F)cc2)c1)OCC1OC(C2N=CC(=N)NC2=O)C(F)(F)C1O. The predicted octanol–water partition coefficient (Wildman–Crippen LogP) is 4.60. The maximum Gasteiger partial charge on any atom is 0.416 e. The van der Waals surface area contributed by atoms with E-state index in [9.17, 15) is 46.5 Å². The molecule has 0 aromatic heterocycles. The summed E-state index contributed by atoms with van der Waals surface area (Å²) in [6.45, 7) is 2.12. The molecule has 5 unspecified atom stereocenters. The summed E-state index contributed by atoms with van der Waals surface area (Å²) in [4.78, 5) is 26.5. The maximum atomic E-state index is 14.9. The molecule has 2 heterocycles. The molecule has 5 atom stereocenters. The third-order valence-corrected chi connectivity index (χ3v) is 8.29. The van der Waals surface area contributed by atoms with Crippen LogP contribution in [-0.4, -0.2) is 71.4 Å². The van der Waals surface area contributed by atoms with Gasteiger partial charge in [0.05, 0.1) is 29.9 Å². The summed E-state index contributed by atoms with van der Waals surface area (Å²) in [5, 5.41) is 33.8. The Morgan fingerprint density at radius 2 is 1.89 bits per heavy atom. The molecule has 2 aromatic carbocycles. The van der Waals surface area contributed by atoms with E-state index in [-0.39, 0.29) is 29.5 Å². The summed E-state index contributed by atoms with van der Waals surface area (Å²) in [7, 11) is -4.37. The number of nitrogens with zero attached hydrogens (tertiary/aromatic N) is 2. The Labute approximate surface area is 263 Å². The zero-order chi connectivity index (χ0) is 34.7. The molecule has 0 saturated carbocycles. The highest BCUT2D eigenvalue weighted by atomic mass is 31.2. The molecule has 256 valence electrons. The van der Waals surface area contributed by atoms with Gasteiger partial charge in [0.15, 0.2) is 12.1 Å². The van der Waals surface area contributed by atoms with E-state index < -0.39 is 85.3 Å². The van der Waals surface area contributed by atoms with Gasteiger partial charge < -0.3 is 19.9 Å². The molecule has 1 saturated heterocycles. The van der Waals surface area contributed by atoms with Crippen LogP contribution < -0.4 is 15.1 Å². The third kappa shape index (κ3) is 8.74. The number of benzene rings is 2. The van der Waals surface area contributed by atoms with Crippen molar-refractivity contribution in [3.05, 3.63) is 63.7 Å². The monoisotopic (exact) mass is 693 g/mol. The van der Waals surface area contributed by atoms with E-state index in [2.05, 4.69) is 10.1 Å². The second-order valence-corrected chi connectivity index (χ2v) is 12.7. The van der Waals surface area contributed by atoms with Gasteiger partial charge in [-0.05, 0) is 47.9 Å². The average Bonchev–Trinajstić information content (AvgIpc) is 3.21. The molecule has 2 aliphatic heterocycles. The lowest BCUT2D eigenvalue weighted by Gasteiger charge is -2.26. The lowest BCUT2D eigenvalue weighted by atomic mass is 10.00. The van der Waals surface area contributed by atoms with Crippen LogP contribution in [0.25, 0.3) is 0 Å². The number of hydrogen-bond donors (Lipinski definition) is 4. The topological polar surface area (TPSA) is 195 Å². The minimum atomic E-state index is -4.61. The van der Waals surface area contributed by atoms with Crippen molar-refractivity contribution in [2.75, 3.05) is 13.2 Å². The zero-order valence-corrected chi connectivity index (χ0v) is 25.5. The molecule has 0 aliphatic carbocycles. The number of aliphatic hydroxyl groups is 1. The molecule has 2 aliphatic rings. The van der Waals surface area contributed by atoms with Crippen molar-refractivity contribution in [3.8, 4) is 11.5 Å². The fraction of sp³-hybridized carbons (Fsp3) is 0.444. The van der Waals surface area contributed by atoms with Gasteiger partial charge in [0.25, 0.3) is 5.91 Å². The smallest absolute Gasteiger partial charge is 0.416 e. The molecule has 1 fully saturated rings. The van der Waals surface area contributed by atoms with Crippen LogP contribution in [-0.2, 0) is 35.9 Å². The minimum absolute atomic E-state index is 0.0512. The number of nitro groups is 1. The van der Waals surface area contributed by atoms with Crippen molar-refractivity contribution in [2.45, 2.75) is 56.9 Å². The van der Waals surface area contributed by atoms with E-state index in [1.165, 1.54) is 6.07 Å². The molecule has 14 nitrogen and oxygen atoms in total. The predicted molar refractivity (Wildman–Crippen MR) is 154 cm³/mol. The highest BCUT2D eigenvalue weighted by Gasteiger charge is 2.62. The normalized spacial score (nSPS) is 23.9. The van der Waals surface area contributed by atoms with Crippen LogP contribution in [0.2, 0.25) is 0 Å². The van der Waals surface area contributed by atoms with Gasteiger partial charge in [0.1, 0.15) is 23.8 Å². The molecular weight excluding hydrogens is 664 g/mol. The van der Waals surface area contributed by atoms with Crippen molar-refractivity contribution in [3.63, 3.8) is 0 Å². The van der Waals surface area contributed by atoms with Crippen LogP contribution >= 0.6 is 7.75 Å². The molecule has 47 heavy (non-hydrogen) atoms. The largest absolute Gasteiger partial charge is 0.450 e. The Morgan fingerprint density at radius 1 is 1.21 bits per heavy atom. The van der Waals surface area contributed by atoms with Crippen molar-refractivity contribution in [2.24, 2.45) is 10.9 Å². The number of aliphatic hydroxyl groups excluding tert-OH is 1. The number of ether oxygens (including phenoxy) is 2. The van der Waals surface area contributed by atoms with Crippen LogP contribution in [0.5, 0.6) is 11.5 Å². The average molecular weight is 694 g/mol. The lowest BCUT2D eigenvalue weighted by molar-refractivity contribution is -0.385. The molecule has 1 amide bonds. The van der Waals surface area contributed by atoms with Crippen LogP contribution in [0.3, 0.4) is 0 Å². The van der Waals surface area contributed by atoms with Crippen molar-refractivity contribution >= 4 is 31.4 Å². The van der Waals surface area contributed by atoms with E-state index >= 15 is 0 Å². The molecule has 2 aromatic rings. The summed E-state index contributed by atoms with van der Waals surface area (Å²) >= 11 is 0. The first-order valence-corrected chi connectivity index (χ1v) is 15.3. The Kier molecular flexibility index (Phi) is 10.8. The maximum absolute atomic E-state index is 14.9. The molecule has 4 rings (SSSR count). The van der Waals surface area contributed by atoms with Crippen molar-refractivity contribution in [1.82, 2.24) is 10.4 Å². The van der Waals surface area contributed by atoms with Crippen LogP contribution in [0.4, 0.5) is 27.6 Å². The van der Waals surface area contributed by atoms with Gasteiger partial charge in [-0.1, -0.05) is 13.8 Å². The number of hydrogen-bond acceptors (Lipinski definition) is 11. The highest BCUT2D eigenvalue weighted by molar-refractivity contribution is 7.51. The standard InChI is InChI=1S/C27H29F5N5O9P/c1-14(2)10-35-47(42,44-13-20-23(38)26(28,29)24(46-20)22-25(39)36-21(33)11-34-22)43-12-15-3-8-18(37(40)41)19(9-15)45-17-6-4-16(5-7-17)27(30,31)32/h3-9,11,14,20,22-24,38H,10,12-13H2,1-2H3,(H,35,42)(H2,33,36,39). The van der Waals surface area contributed by atoms with Gasteiger partial charge >= 0.3 is 25.5 Å². The number of carbonyl (C=O) groups excluding carboxylic acids is 1. The van der Waals surface area contributed by atoms with E-state index in [1.54, 1.807) is 13.8 Å². The minimum Gasteiger partial charge on any atom is -0.450 e. The van der Waals surface area contributed by atoms with E-state index in [0.29, 0.717) is 0 Å². The third-order valence-electron chi connectivity index (χ3n) is 6.76.